The minimum absolute atomic E-state index is 0.401. The Kier molecular flexibility index (Phi) is 4.56. The van der Waals surface area contributed by atoms with Crippen LogP contribution in [0.25, 0.3) is 0 Å². The summed E-state index contributed by atoms with van der Waals surface area (Å²) in [5, 5.41) is 3.60. The lowest BCUT2D eigenvalue weighted by molar-refractivity contribution is 0.576. The van der Waals surface area contributed by atoms with Crippen LogP contribution in [0, 0.1) is 6.92 Å². The highest BCUT2D eigenvalue weighted by Gasteiger charge is 2.07. The predicted molar refractivity (Wildman–Crippen MR) is 80.1 cm³/mol. The Morgan fingerprint density at radius 1 is 1.11 bits per heavy atom. The van der Waals surface area contributed by atoms with Crippen molar-refractivity contribution in [2.24, 2.45) is 0 Å². The van der Waals surface area contributed by atoms with Crippen LogP contribution in [-0.4, -0.2) is 0 Å². The van der Waals surface area contributed by atoms with Gasteiger partial charge in [-0.05, 0) is 43.5 Å². The summed E-state index contributed by atoms with van der Waals surface area (Å²) in [7, 11) is 0. The summed E-state index contributed by atoms with van der Waals surface area (Å²) in [5.74, 6) is 0. The van der Waals surface area contributed by atoms with E-state index in [1.807, 2.05) is 11.3 Å². The highest BCUT2D eigenvalue weighted by molar-refractivity contribution is 7.11. The molecule has 1 heterocycles. The van der Waals surface area contributed by atoms with Crippen molar-refractivity contribution in [2.45, 2.75) is 39.8 Å². The Balaban J connectivity index is 1.96. The van der Waals surface area contributed by atoms with Crippen LogP contribution in [0.15, 0.2) is 36.4 Å². The molecular weight excluding hydrogens is 238 g/mol. The van der Waals surface area contributed by atoms with Gasteiger partial charge in [-0.25, -0.2) is 0 Å². The van der Waals surface area contributed by atoms with Gasteiger partial charge in [-0.3, -0.25) is 0 Å². The minimum atomic E-state index is 0.401. The van der Waals surface area contributed by atoms with E-state index in [0.717, 1.165) is 13.0 Å². The van der Waals surface area contributed by atoms with Crippen LogP contribution in [0.5, 0.6) is 0 Å². The maximum atomic E-state index is 3.60. The fraction of sp³-hybridized carbons (Fsp3) is 0.375. The average Bonchev–Trinajstić information content (AvgIpc) is 2.84. The fourth-order valence-corrected chi connectivity index (χ4v) is 3.05. The molecule has 2 heteroatoms. The first kappa shape index (κ1) is 13.3. The van der Waals surface area contributed by atoms with Gasteiger partial charge in [0.05, 0.1) is 0 Å². The molecule has 0 spiro atoms. The van der Waals surface area contributed by atoms with Gasteiger partial charge in [0.15, 0.2) is 0 Å². The van der Waals surface area contributed by atoms with Crippen LogP contribution >= 0.6 is 11.3 Å². The maximum absolute atomic E-state index is 3.60. The van der Waals surface area contributed by atoms with Gasteiger partial charge in [0.1, 0.15) is 0 Å². The quantitative estimate of drug-likeness (QED) is 0.835. The Morgan fingerprint density at radius 3 is 2.50 bits per heavy atom. The first-order chi connectivity index (χ1) is 8.70. The summed E-state index contributed by atoms with van der Waals surface area (Å²) < 4.78 is 0. The SMILES string of the molecule is CCc1ccc(CN[C@H](C)c2ccccc2C)s1. The Labute approximate surface area is 114 Å². The van der Waals surface area contributed by atoms with Crippen molar-refractivity contribution in [1.29, 1.82) is 0 Å². The Bertz CT molecular complexity index is 501. The third-order valence-electron chi connectivity index (χ3n) is 3.30. The lowest BCUT2D eigenvalue weighted by atomic mass is 10.0. The summed E-state index contributed by atoms with van der Waals surface area (Å²) in [6, 6.07) is 13.5. The number of rotatable bonds is 5. The normalized spacial score (nSPS) is 12.6. The monoisotopic (exact) mass is 259 g/mol. The number of benzene rings is 1. The second-order valence-electron chi connectivity index (χ2n) is 4.68. The smallest absolute Gasteiger partial charge is 0.0305 e. The van der Waals surface area contributed by atoms with Crippen molar-refractivity contribution >= 4 is 11.3 Å². The molecule has 0 aliphatic carbocycles. The molecule has 1 aromatic carbocycles. The van der Waals surface area contributed by atoms with Crippen LogP contribution in [0.3, 0.4) is 0 Å². The number of nitrogens with one attached hydrogen (secondary N) is 1. The molecule has 0 saturated heterocycles. The van der Waals surface area contributed by atoms with Gasteiger partial charge in [0, 0.05) is 22.3 Å². The van der Waals surface area contributed by atoms with E-state index in [1.54, 1.807) is 0 Å². The molecule has 18 heavy (non-hydrogen) atoms. The van der Waals surface area contributed by atoms with E-state index in [4.69, 9.17) is 0 Å². The largest absolute Gasteiger partial charge is 0.305 e. The van der Waals surface area contributed by atoms with E-state index >= 15 is 0 Å². The van der Waals surface area contributed by atoms with E-state index in [-0.39, 0.29) is 0 Å². The van der Waals surface area contributed by atoms with Crippen molar-refractivity contribution in [3.8, 4) is 0 Å². The molecule has 2 rings (SSSR count). The van der Waals surface area contributed by atoms with Crippen molar-refractivity contribution in [3.63, 3.8) is 0 Å². The number of thiophene rings is 1. The molecule has 0 saturated carbocycles. The molecule has 0 unspecified atom stereocenters. The van der Waals surface area contributed by atoms with Gasteiger partial charge < -0.3 is 5.32 Å². The molecule has 1 nitrogen and oxygen atoms in total. The Hall–Kier alpha value is -1.12. The van der Waals surface area contributed by atoms with Crippen molar-refractivity contribution in [2.75, 3.05) is 0 Å². The maximum Gasteiger partial charge on any atom is 0.0305 e. The summed E-state index contributed by atoms with van der Waals surface area (Å²) >= 11 is 1.91. The van der Waals surface area contributed by atoms with Crippen LogP contribution < -0.4 is 5.32 Å². The van der Waals surface area contributed by atoms with Gasteiger partial charge in [0.2, 0.25) is 0 Å². The first-order valence-corrected chi connectivity index (χ1v) is 7.39. The second kappa shape index (κ2) is 6.17. The van der Waals surface area contributed by atoms with Crippen LogP contribution in [0.4, 0.5) is 0 Å². The summed E-state index contributed by atoms with van der Waals surface area (Å²) in [5.41, 5.74) is 2.75. The van der Waals surface area contributed by atoms with Crippen LogP contribution in [-0.2, 0) is 13.0 Å². The van der Waals surface area contributed by atoms with Gasteiger partial charge in [0.25, 0.3) is 0 Å². The van der Waals surface area contributed by atoms with Gasteiger partial charge in [-0.2, -0.15) is 0 Å². The first-order valence-electron chi connectivity index (χ1n) is 6.57. The van der Waals surface area contributed by atoms with E-state index < -0.39 is 0 Å². The predicted octanol–water partition coefficient (Wildman–Crippen LogP) is 4.47. The highest BCUT2D eigenvalue weighted by Crippen LogP contribution is 2.20. The lowest BCUT2D eigenvalue weighted by Crippen LogP contribution is -2.18. The third kappa shape index (κ3) is 3.21. The average molecular weight is 259 g/mol. The molecule has 0 aliphatic rings. The number of aryl methyl sites for hydroxylation is 2. The zero-order chi connectivity index (χ0) is 13.0. The van der Waals surface area contributed by atoms with E-state index in [2.05, 4.69) is 62.5 Å². The zero-order valence-corrected chi connectivity index (χ0v) is 12.2. The molecule has 0 bridgehead atoms. The molecule has 0 aliphatic heterocycles. The van der Waals surface area contributed by atoms with Crippen molar-refractivity contribution in [1.82, 2.24) is 5.32 Å². The fourth-order valence-electron chi connectivity index (χ4n) is 2.14. The second-order valence-corrected chi connectivity index (χ2v) is 5.93. The Morgan fingerprint density at radius 2 is 1.83 bits per heavy atom. The van der Waals surface area contributed by atoms with E-state index in [0.29, 0.717) is 6.04 Å². The van der Waals surface area contributed by atoms with Gasteiger partial charge >= 0.3 is 0 Å². The lowest BCUT2D eigenvalue weighted by Gasteiger charge is -2.15. The van der Waals surface area contributed by atoms with Crippen LogP contribution in [0.2, 0.25) is 0 Å². The van der Waals surface area contributed by atoms with Gasteiger partial charge in [-0.1, -0.05) is 31.2 Å². The van der Waals surface area contributed by atoms with Gasteiger partial charge in [-0.15, -0.1) is 11.3 Å². The van der Waals surface area contributed by atoms with Crippen LogP contribution in [0.1, 0.15) is 40.8 Å². The van der Waals surface area contributed by atoms with E-state index in [1.165, 1.54) is 20.9 Å². The topological polar surface area (TPSA) is 12.0 Å². The van der Waals surface area contributed by atoms with Crippen molar-refractivity contribution < 1.29 is 0 Å². The minimum Gasteiger partial charge on any atom is -0.305 e. The van der Waals surface area contributed by atoms with Crippen molar-refractivity contribution in [3.05, 3.63) is 57.3 Å². The molecule has 0 fully saturated rings. The molecule has 0 amide bonds. The summed E-state index contributed by atoms with van der Waals surface area (Å²) in [4.78, 5) is 2.89. The number of hydrogen-bond acceptors (Lipinski definition) is 2. The molecule has 0 radical (unpaired) electrons. The van der Waals surface area contributed by atoms with E-state index in [9.17, 15) is 0 Å². The third-order valence-corrected chi connectivity index (χ3v) is 4.53. The standard InChI is InChI=1S/C16H21NS/c1-4-14-9-10-15(18-14)11-17-13(3)16-8-6-5-7-12(16)2/h5-10,13,17H,4,11H2,1-3H3/t13-/m1/s1. The zero-order valence-electron chi connectivity index (χ0n) is 11.4. The molecule has 1 N–H and O–H groups in total. The summed E-state index contributed by atoms with van der Waals surface area (Å²) in [6.07, 6.45) is 1.14. The molecule has 96 valence electrons. The summed E-state index contributed by atoms with van der Waals surface area (Å²) in [6.45, 7) is 7.57. The molecular formula is C16H21NS. The highest BCUT2D eigenvalue weighted by atomic mass is 32.1. The molecule has 1 aromatic heterocycles. The molecule has 1 atom stereocenters. The molecule has 2 aromatic rings. The number of hydrogen-bond donors (Lipinski definition) is 1.